The fourth-order valence-corrected chi connectivity index (χ4v) is 2.97. The van der Waals surface area contributed by atoms with E-state index in [1.165, 1.54) is 11.8 Å². The highest BCUT2D eigenvalue weighted by Crippen LogP contribution is 2.33. The molecule has 0 amide bonds. The predicted molar refractivity (Wildman–Crippen MR) is 87.2 cm³/mol. The summed E-state index contributed by atoms with van der Waals surface area (Å²) in [6.07, 6.45) is -1.37. The fraction of sp³-hybridized carbons (Fsp3) is 0.176. The molecule has 0 heterocycles. The third kappa shape index (κ3) is 4.29. The normalized spacial score (nSPS) is 11.4. The van der Waals surface area contributed by atoms with Crippen LogP contribution in [0.25, 0.3) is 5.53 Å². The summed E-state index contributed by atoms with van der Waals surface area (Å²) in [5.74, 6) is -0.845. The van der Waals surface area contributed by atoms with Crippen molar-refractivity contribution in [1.29, 1.82) is 0 Å². The number of rotatable bonds is 6. The third-order valence-corrected chi connectivity index (χ3v) is 4.14. The molecule has 0 aliphatic rings. The topological polar surface area (TPSA) is 82.9 Å². The molecule has 1 atom stereocenters. The quantitative estimate of drug-likeness (QED) is 0.382. The van der Waals surface area contributed by atoms with Crippen molar-refractivity contribution < 1.29 is 19.4 Å². The average Bonchev–Trinajstić information content (AvgIpc) is 2.57. The molecule has 0 saturated carbocycles. The lowest BCUT2D eigenvalue weighted by atomic mass is 10.1. The zero-order valence-electron chi connectivity index (χ0n) is 12.5. The molecule has 6 heteroatoms. The van der Waals surface area contributed by atoms with E-state index in [0.29, 0.717) is 5.56 Å². The van der Waals surface area contributed by atoms with E-state index in [9.17, 15) is 9.90 Å². The van der Waals surface area contributed by atoms with Gasteiger partial charge in [0.15, 0.2) is 6.10 Å². The van der Waals surface area contributed by atoms with E-state index >= 15 is 0 Å². The van der Waals surface area contributed by atoms with Crippen molar-refractivity contribution in [3.8, 4) is 0 Å². The Morgan fingerprint density at radius 1 is 1.22 bits per heavy atom. The van der Waals surface area contributed by atoms with Crippen molar-refractivity contribution >= 4 is 23.4 Å². The van der Waals surface area contributed by atoms with Crippen LogP contribution in [-0.4, -0.2) is 28.2 Å². The molecule has 2 aromatic rings. The maximum absolute atomic E-state index is 11.8. The summed E-state index contributed by atoms with van der Waals surface area (Å²) in [4.78, 5) is 16.4. The molecular weight excluding hydrogens is 312 g/mol. The lowest BCUT2D eigenvalue weighted by Crippen LogP contribution is -2.26. The van der Waals surface area contributed by atoms with Crippen LogP contribution in [0.15, 0.2) is 64.4 Å². The first-order chi connectivity index (χ1) is 11.2. The van der Waals surface area contributed by atoms with Crippen LogP contribution in [0, 0.1) is 0 Å². The largest absolute Gasteiger partial charge is 0.457 e. The number of esters is 1. The molecule has 0 unspecified atom stereocenters. The lowest BCUT2D eigenvalue weighted by Gasteiger charge is -2.12. The minimum absolute atomic E-state index is 0.130. The van der Waals surface area contributed by atoms with Gasteiger partial charge in [-0.2, -0.15) is 4.79 Å². The third-order valence-electron chi connectivity index (χ3n) is 3.04. The molecule has 23 heavy (non-hydrogen) atoms. The van der Waals surface area contributed by atoms with Gasteiger partial charge in [0.25, 0.3) is 0 Å². The summed E-state index contributed by atoms with van der Waals surface area (Å²) < 4.78 is 4.80. The number of carbonyl (C=O) groups is 1. The fourth-order valence-electron chi connectivity index (χ4n) is 1.97. The predicted octanol–water partition coefficient (Wildman–Crippen LogP) is 3.11. The van der Waals surface area contributed by atoms with Crippen LogP contribution >= 0.6 is 11.8 Å². The van der Waals surface area contributed by atoms with Crippen LogP contribution < -0.4 is 0 Å². The minimum atomic E-state index is -1.37. The van der Waals surface area contributed by atoms with Gasteiger partial charge >= 0.3 is 11.7 Å². The zero-order chi connectivity index (χ0) is 16.7. The standard InChI is InChI=1S/C17H16N2O3S/c1-2-22-17(21)15(19-18)16(20)13-10-6-7-11-14(13)23-12-8-4-3-5-9-12/h3-11,16,20H,2H2,1H3/t16-/m0/s1. The molecule has 0 bridgehead atoms. The van der Waals surface area contributed by atoms with Crippen LogP contribution in [0.5, 0.6) is 0 Å². The van der Waals surface area contributed by atoms with E-state index in [-0.39, 0.29) is 6.61 Å². The molecule has 5 nitrogen and oxygen atoms in total. The first-order valence-electron chi connectivity index (χ1n) is 7.06. The number of hydrogen-bond acceptors (Lipinski definition) is 4. The van der Waals surface area contributed by atoms with Crippen LogP contribution in [-0.2, 0) is 9.53 Å². The number of carbonyl (C=O) groups excluding carboxylic acids is 1. The van der Waals surface area contributed by atoms with Crippen molar-refractivity contribution in [2.24, 2.45) is 0 Å². The highest BCUT2D eigenvalue weighted by Gasteiger charge is 2.33. The second kappa shape index (κ2) is 8.29. The van der Waals surface area contributed by atoms with E-state index in [2.05, 4.69) is 4.79 Å². The minimum Gasteiger partial charge on any atom is -0.457 e. The van der Waals surface area contributed by atoms with Crippen LogP contribution in [0.1, 0.15) is 18.6 Å². The maximum atomic E-state index is 11.8. The molecule has 118 valence electrons. The Balaban J connectivity index is 2.32. The molecule has 1 N–H and O–H groups in total. The smallest absolute Gasteiger partial charge is 0.420 e. The summed E-state index contributed by atoms with van der Waals surface area (Å²) in [5, 5.41) is 10.4. The Hall–Kier alpha value is -2.40. The monoisotopic (exact) mass is 328 g/mol. The Labute approximate surface area is 138 Å². The molecule has 0 spiro atoms. The summed E-state index contributed by atoms with van der Waals surface area (Å²) in [6, 6.07) is 16.7. The van der Waals surface area contributed by atoms with Crippen LogP contribution in [0.2, 0.25) is 0 Å². The average molecular weight is 328 g/mol. The van der Waals surface area contributed by atoms with Gasteiger partial charge in [-0.3, -0.25) is 0 Å². The number of nitrogens with zero attached hydrogens (tertiary/aromatic N) is 2. The Morgan fingerprint density at radius 2 is 1.87 bits per heavy atom. The molecule has 0 aliphatic heterocycles. The van der Waals surface area contributed by atoms with Gasteiger partial charge in [-0.15, -0.1) is 0 Å². The van der Waals surface area contributed by atoms with Gasteiger partial charge in [0.05, 0.1) is 6.61 Å². The highest BCUT2D eigenvalue weighted by atomic mass is 32.2. The molecular formula is C17H16N2O3S. The van der Waals surface area contributed by atoms with Crippen molar-refractivity contribution in [3.63, 3.8) is 0 Å². The maximum Gasteiger partial charge on any atom is 0.420 e. The Morgan fingerprint density at radius 3 is 2.52 bits per heavy atom. The van der Waals surface area contributed by atoms with Gasteiger partial charge in [0.1, 0.15) is 0 Å². The summed E-state index contributed by atoms with van der Waals surface area (Å²) in [5.41, 5.74) is 9.09. The molecule has 2 rings (SSSR count). The number of aliphatic hydroxyl groups excluding tert-OH is 1. The Kier molecular flexibility index (Phi) is 6.11. The van der Waals surface area contributed by atoms with Crippen molar-refractivity contribution in [1.82, 2.24) is 0 Å². The van der Waals surface area contributed by atoms with Crippen molar-refractivity contribution in [2.45, 2.75) is 22.8 Å². The molecule has 0 aromatic heterocycles. The van der Waals surface area contributed by atoms with Crippen LogP contribution in [0.4, 0.5) is 0 Å². The SMILES string of the molecule is CCOC(=O)C(=[N+]=[N-])[C@@H](O)c1ccccc1Sc1ccccc1. The lowest BCUT2D eigenvalue weighted by molar-refractivity contribution is -0.141. The molecule has 0 saturated heterocycles. The summed E-state index contributed by atoms with van der Waals surface area (Å²) in [7, 11) is 0. The van der Waals surface area contributed by atoms with Crippen LogP contribution in [0.3, 0.4) is 0 Å². The van der Waals surface area contributed by atoms with Crippen molar-refractivity contribution in [3.05, 3.63) is 65.7 Å². The van der Waals surface area contributed by atoms with E-state index in [1.807, 2.05) is 42.5 Å². The second-order valence-corrected chi connectivity index (χ2v) is 5.68. The number of benzene rings is 2. The molecule has 0 radical (unpaired) electrons. The number of ether oxygens (including phenoxy) is 1. The van der Waals surface area contributed by atoms with Gasteiger partial charge in [-0.1, -0.05) is 48.2 Å². The van der Waals surface area contributed by atoms with E-state index < -0.39 is 17.8 Å². The van der Waals surface area contributed by atoms with Gasteiger partial charge in [0, 0.05) is 15.4 Å². The zero-order valence-corrected chi connectivity index (χ0v) is 13.4. The van der Waals surface area contributed by atoms with Gasteiger partial charge in [0.2, 0.25) is 0 Å². The highest BCUT2D eigenvalue weighted by molar-refractivity contribution is 7.99. The van der Waals surface area contributed by atoms with Crippen molar-refractivity contribution in [2.75, 3.05) is 6.61 Å². The molecule has 0 aliphatic carbocycles. The van der Waals surface area contributed by atoms with Gasteiger partial charge in [-0.25, -0.2) is 4.79 Å². The second-order valence-electron chi connectivity index (χ2n) is 4.56. The van der Waals surface area contributed by atoms with Gasteiger partial charge < -0.3 is 15.4 Å². The van der Waals surface area contributed by atoms with E-state index in [4.69, 9.17) is 10.3 Å². The first-order valence-corrected chi connectivity index (χ1v) is 7.88. The van der Waals surface area contributed by atoms with E-state index in [1.54, 1.807) is 19.1 Å². The molecule has 0 fully saturated rings. The summed E-state index contributed by atoms with van der Waals surface area (Å²) in [6.45, 7) is 1.77. The number of aliphatic hydroxyl groups is 1. The van der Waals surface area contributed by atoms with E-state index in [0.717, 1.165) is 9.79 Å². The first kappa shape index (κ1) is 17.0. The summed E-state index contributed by atoms with van der Waals surface area (Å²) >= 11 is 1.45. The molecule has 2 aromatic carbocycles. The number of hydrogen-bond donors (Lipinski definition) is 1. The Bertz CT molecular complexity index is 728. The van der Waals surface area contributed by atoms with Gasteiger partial charge in [-0.05, 0) is 25.1 Å².